The highest BCUT2D eigenvalue weighted by Crippen LogP contribution is 2.34. The van der Waals surface area contributed by atoms with Gasteiger partial charge in [-0.3, -0.25) is 0 Å². The predicted octanol–water partition coefficient (Wildman–Crippen LogP) is 3.57. The van der Waals surface area contributed by atoms with Gasteiger partial charge in [0, 0.05) is 12.5 Å². The second-order valence-electron chi connectivity index (χ2n) is 5.79. The van der Waals surface area contributed by atoms with E-state index in [4.69, 9.17) is 0 Å². The van der Waals surface area contributed by atoms with Crippen LogP contribution < -0.4 is 5.32 Å². The maximum atomic E-state index is 11.0. The van der Waals surface area contributed by atoms with Crippen molar-refractivity contribution in [2.75, 3.05) is 13.1 Å². The minimum Gasteiger partial charge on any atom is -0.388 e. The fourth-order valence-corrected chi connectivity index (χ4v) is 2.82. The summed E-state index contributed by atoms with van der Waals surface area (Å²) in [6.45, 7) is 5.55. The zero-order valence-corrected chi connectivity index (χ0v) is 12.9. The molecule has 0 fully saturated rings. The predicted molar refractivity (Wildman–Crippen MR) is 88.5 cm³/mol. The molecule has 0 saturated carbocycles. The molecule has 21 heavy (non-hydrogen) atoms. The van der Waals surface area contributed by atoms with Gasteiger partial charge in [0.05, 0.1) is 5.60 Å². The van der Waals surface area contributed by atoms with Gasteiger partial charge in [0.1, 0.15) is 0 Å². The molecule has 0 heterocycles. The zero-order valence-electron chi connectivity index (χ0n) is 12.9. The highest BCUT2D eigenvalue weighted by Gasteiger charge is 2.33. The van der Waals surface area contributed by atoms with E-state index in [2.05, 4.69) is 36.5 Å². The van der Waals surface area contributed by atoms with Crippen molar-refractivity contribution >= 4 is 0 Å². The Balaban J connectivity index is 2.32. The molecule has 0 saturated heterocycles. The van der Waals surface area contributed by atoms with Gasteiger partial charge in [-0.15, -0.1) is 0 Å². The number of hydrogen-bond acceptors (Lipinski definition) is 2. The Morgan fingerprint density at radius 2 is 1.43 bits per heavy atom. The Kier molecular flexibility index (Phi) is 5.54. The average Bonchev–Trinajstić information content (AvgIpc) is 2.49. The molecule has 0 aliphatic heterocycles. The van der Waals surface area contributed by atoms with Gasteiger partial charge < -0.3 is 10.4 Å². The van der Waals surface area contributed by atoms with E-state index in [0.717, 1.165) is 24.1 Å². The molecule has 0 bridgehead atoms. The second kappa shape index (κ2) is 7.39. The quantitative estimate of drug-likeness (QED) is 0.761. The largest absolute Gasteiger partial charge is 0.388 e. The third-order valence-electron chi connectivity index (χ3n) is 3.80. The summed E-state index contributed by atoms with van der Waals surface area (Å²) >= 11 is 0. The van der Waals surface area contributed by atoms with Gasteiger partial charge >= 0.3 is 0 Å². The summed E-state index contributed by atoms with van der Waals surface area (Å²) in [7, 11) is 0. The molecule has 0 radical (unpaired) electrons. The van der Waals surface area contributed by atoms with E-state index in [9.17, 15) is 5.11 Å². The van der Waals surface area contributed by atoms with Crippen LogP contribution in [0.1, 0.15) is 37.3 Å². The van der Waals surface area contributed by atoms with Crippen LogP contribution in [-0.2, 0) is 0 Å². The van der Waals surface area contributed by atoms with E-state index >= 15 is 0 Å². The summed E-state index contributed by atoms with van der Waals surface area (Å²) in [4.78, 5) is 0. The lowest BCUT2D eigenvalue weighted by Crippen LogP contribution is -2.43. The molecule has 2 heteroatoms. The van der Waals surface area contributed by atoms with Gasteiger partial charge in [-0.2, -0.15) is 0 Å². The molecule has 0 amide bonds. The van der Waals surface area contributed by atoms with Gasteiger partial charge in [0.2, 0.25) is 0 Å². The number of benzene rings is 2. The fourth-order valence-electron chi connectivity index (χ4n) is 2.82. The minimum absolute atomic E-state index is 0.0377. The van der Waals surface area contributed by atoms with E-state index < -0.39 is 5.60 Å². The lowest BCUT2D eigenvalue weighted by Gasteiger charge is -2.34. The van der Waals surface area contributed by atoms with Crippen molar-refractivity contribution in [3.05, 3.63) is 71.8 Å². The van der Waals surface area contributed by atoms with Crippen molar-refractivity contribution in [2.24, 2.45) is 0 Å². The normalized spacial score (nSPS) is 14.1. The molecule has 2 nitrogen and oxygen atoms in total. The van der Waals surface area contributed by atoms with Crippen molar-refractivity contribution in [2.45, 2.75) is 31.8 Å². The van der Waals surface area contributed by atoms with E-state index in [1.165, 1.54) is 0 Å². The SMILES string of the molecule is CCCNCC(C)(O)C(c1ccccc1)c1ccccc1. The first-order chi connectivity index (χ1) is 10.1. The van der Waals surface area contributed by atoms with Crippen LogP contribution in [0.25, 0.3) is 0 Å². The third-order valence-corrected chi connectivity index (χ3v) is 3.80. The molecule has 2 N–H and O–H groups in total. The summed E-state index contributed by atoms with van der Waals surface area (Å²) in [6.07, 6.45) is 1.07. The lowest BCUT2D eigenvalue weighted by atomic mass is 9.78. The molecule has 1 unspecified atom stereocenters. The minimum atomic E-state index is -0.835. The monoisotopic (exact) mass is 283 g/mol. The van der Waals surface area contributed by atoms with Crippen LogP contribution in [0.2, 0.25) is 0 Å². The Hall–Kier alpha value is -1.64. The highest BCUT2D eigenvalue weighted by molar-refractivity contribution is 5.35. The number of hydrogen-bond donors (Lipinski definition) is 2. The Labute approximate surface area is 127 Å². The molecule has 0 aliphatic rings. The second-order valence-corrected chi connectivity index (χ2v) is 5.79. The Morgan fingerprint density at radius 3 is 1.86 bits per heavy atom. The first-order valence-corrected chi connectivity index (χ1v) is 7.68. The van der Waals surface area contributed by atoms with Crippen LogP contribution >= 0.6 is 0 Å². The molecule has 0 aromatic heterocycles. The number of rotatable bonds is 7. The van der Waals surface area contributed by atoms with Crippen molar-refractivity contribution in [1.82, 2.24) is 5.32 Å². The van der Waals surface area contributed by atoms with E-state index in [1.54, 1.807) is 0 Å². The molecule has 2 aromatic carbocycles. The summed E-state index contributed by atoms with van der Waals surface area (Å²) in [5, 5.41) is 14.4. The van der Waals surface area contributed by atoms with Crippen molar-refractivity contribution in [3.8, 4) is 0 Å². The van der Waals surface area contributed by atoms with Crippen LogP contribution in [-0.4, -0.2) is 23.8 Å². The fraction of sp³-hybridized carbons (Fsp3) is 0.368. The summed E-state index contributed by atoms with van der Waals surface area (Å²) < 4.78 is 0. The van der Waals surface area contributed by atoms with E-state index in [-0.39, 0.29) is 5.92 Å². The zero-order chi connectivity index (χ0) is 15.1. The Bertz CT molecular complexity index is 482. The maximum absolute atomic E-state index is 11.0. The molecule has 0 spiro atoms. The molecule has 0 aliphatic carbocycles. The third kappa shape index (κ3) is 4.16. The maximum Gasteiger partial charge on any atom is 0.0852 e. The van der Waals surface area contributed by atoms with Crippen LogP contribution in [0.4, 0.5) is 0 Å². The molecule has 112 valence electrons. The smallest absolute Gasteiger partial charge is 0.0852 e. The molecule has 1 atom stereocenters. The molecular formula is C19H25NO. The van der Waals surface area contributed by atoms with Gasteiger partial charge in [-0.25, -0.2) is 0 Å². The first-order valence-electron chi connectivity index (χ1n) is 7.68. The van der Waals surface area contributed by atoms with Crippen molar-refractivity contribution < 1.29 is 5.11 Å². The summed E-state index contributed by atoms with van der Waals surface area (Å²) in [5.74, 6) is -0.0377. The van der Waals surface area contributed by atoms with Crippen molar-refractivity contribution in [1.29, 1.82) is 0 Å². The van der Waals surface area contributed by atoms with Gasteiger partial charge in [0.15, 0.2) is 0 Å². The highest BCUT2D eigenvalue weighted by atomic mass is 16.3. The molecule has 2 aromatic rings. The molecular weight excluding hydrogens is 258 g/mol. The van der Waals surface area contributed by atoms with E-state index in [1.807, 2.05) is 43.3 Å². The molecule has 2 rings (SSSR count). The van der Waals surface area contributed by atoms with E-state index in [0.29, 0.717) is 6.54 Å². The van der Waals surface area contributed by atoms with Gasteiger partial charge in [-0.05, 0) is 31.0 Å². The van der Waals surface area contributed by atoms with Crippen LogP contribution in [0, 0.1) is 0 Å². The standard InChI is InChI=1S/C19H25NO/c1-3-14-20-15-19(2,21)18(16-10-6-4-7-11-16)17-12-8-5-9-13-17/h4-13,18,20-21H,3,14-15H2,1-2H3. The average molecular weight is 283 g/mol. The summed E-state index contributed by atoms with van der Waals surface area (Å²) in [6, 6.07) is 20.5. The van der Waals surface area contributed by atoms with Gasteiger partial charge in [0.25, 0.3) is 0 Å². The lowest BCUT2D eigenvalue weighted by molar-refractivity contribution is 0.0431. The van der Waals surface area contributed by atoms with Crippen LogP contribution in [0.5, 0.6) is 0 Å². The van der Waals surface area contributed by atoms with Gasteiger partial charge in [-0.1, -0.05) is 67.6 Å². The van der Waals surface area contributed by atoms with Crippen LogP contribution in [0.15, 0.2) is 60.7 Å². The van der Waals surface area contributed by atoms with Crippen molar-refractivity contribution in [3.63, 3.8) is 0 Å². The van der Waals surface area contributed by atoms with Crippen LogP contribution in [0.3, 0.4) is 0 Å². The number of nitrogens with one attached hydrogen (secondary N) is 1. The first kappa shape index (κ1) is 15.7. The number of aliphatic hydroxyl groups is 1. The summed E-state index contributed by atoms with van der Waals surface area (Å²) in [5.41, 5.74) is 1.46. The Morgan fingerprint density at radius 1 is 0.952 bits per heavy atom. The topological polar surface area (TPSA) is 32.3 Å².